The maximum atomic E-state index is 10.1. The van der Waals surface area contributed by atoms with Crippen molar-refractivity contribution in [2.75, 3.05) is 13.7 Å². The highest BCUT2D eigenvalue weighted by atomic mass is 16.7. The zero-order chi connectivity index (χ0) is 21.0. The summed E-state index contributed by atoms with van der Waals surface area (Å²) in [5.74, 6) is 0.861. The summed E-state index contributed by atoms with van der Waals surface area (Å²) >= 11 is 0. The molecule has 3 rings (SSSR count). The van der Waals surface area contributed by atoms with E-state index in [4.69, 9.17) is 14.2 Å². The third-order valence-corrected chi connectivity index (χ3v) is 4.60. The smallest absolute Gasteiger partial charge is 0.229 e. The number of aliphatic hydroxyl groups is 4. The monoisotopic (exact) mass is 404 g/mol. The first-order valence-electron chi connectivity index (χ1n) is 9.04. The molecule has 156 valence electrons. The average Bonchev–Trinajstić information content (AvgIpc) is 2.72. The van der Waals surface area contributed by atoms with Gasteiger partial charge in [-0.25, -0.2) is 0 Å². The zero-order valence-corrected chi connectivity index (χ0v) is 15.8. The summed E-state index contributed by atoms with van der Waals surface area (Å²) < 4.78 is 16.0. The van der Waals surface area contributed by atoms with Crippen LogP contribution in [-0.2, 0) is 4.74 Å². The Morgan fingerprint density at radius 2 is 1.59 bits per heavy atom. The fraction of sp³-hybridized carbons (Fsp3) is 0.333. The van der Waals surface area contributed by atoms with E-state index >= 15 is 0 Å². The van der Waals surface area contributed by atoms with Gasteiger partial charge in [0.15, 0.2) is 0 Å². The summed E-state index contributed by atoms with van der Waals surface area (Å²) in [6.45, 7) is -0.555. The van der Waals surface area contributed by atoms with Crippen LogP contribution >= 0.6 is 0 Å². The van der Waals surface area contributed by atoms with Crippen LogP contribution in [0.4, 0.5) is 0 Å². The third kappa shape index (κ3) is 5.06. The van der Waals surface area contributed by atoms with Crippen LogP contribution in [0.15, 0.2) is 42.5 Å². The zero-order valence-electron chi connectivity index (χ0n) is 15.8. The van der Waals surface area contributed by atoms with E-state index in [9.17, 15) is 25.5 Å². The molecule has 8 nitrogen and oxygen atoms in total. The molecule has 1 saturated heterocycles. The van der Waals surface area contributed by atoms with Gasteiger partial charge >= 0.3 is 0 Å². The largest absolute Gasteiger partial charge is 0.508 e. The van der Waals surface area contributed by atoms with Crippen LogP contribution < -0.4 is 9.47 Å². The van der Waals surface area contributed by atoms with Crippen molar-refractivity contribution in [2.24, 2.45) is 0 Å². The van der Waals surface area contributed by atoms with Crippen LogP contribution in [0.1, 0.15) is 11.1 Å². The van der Waals surface area contributed by atoms with Crippen molar-refractivity contribution in [2.45, 2.75) is 30.7 Å². The number of rotatable bonds is 6. The van der Waals surface area contributed by atoms with Gasteiger partial charge in [-0.05, 0) is 35.4 Å². The maximum absolute atomic E-state index is 10.1. The number of ether oxygens (including phenoxy) is 3. The van der Waals surface area contributed by atoms with Crippen molar-refractivity contribution < 1.29 is 39.7 Å². The van der Waals surface area contributed by atoms with Gasteiger partial charge in [-0.15, -0.1) is 0 Å². The van der Waals surface area contributed by atoms with E-state index in [1.165, 1.54) is 12.1 Å². The van der Waals surface area contributed by atoms with Gasteiger partial charge in [0.1, 0.15) is 41.7 Å². The van der Waals surface area contributed by atoms with Crippen LogP contribution in [0.2, 0.25) is 0 Å². The molecule has 0 aromatic heterocycles. The molecule has 0 spiro atoms. The van der Waals surface area contributed by atoms with E-state index in [-0.39, 0.29) is 11.5 Å². The number of phenolic OH excluding ortho intramolecular Hbond substituents is 1. The summed E-state index contributed by atoms with van der Waals surface area (Å²) in [7, 11) is 1.59. The van der Waals surface area contributed by atoms with E-state index in [2.05, 4.69) is 0 Å². The van der Waals surface area contributed by atoms with Gasteiger partial charge in [-0.1, -0.05) is 24.3 Å². The number of aliphatic hydroxyl groups excluding tert-OH is 4. The minimum atomic E-state index is -1.54. The topological polar surface area (TPSA) is 129 Å². The second-order valence-corrected chi connectivity index (χ2v) is 6.68. The van der Waals surface area contributed by atoms with Gasteiger partial charge in [0.2, 0.25) is 6.29 Å². The van der Waals surface area contributed by atoms with Crippen LogP contribution in [0.3, 0.4) is 0 Å². The lowest BCUT2D eigenvalue weighted by Gasteiger charge is -2.39. The third-order valence-electron chi connectivity index (χ3n) is 4.60. The first-order chi connectivity index (χ1) is 13.9. The Morgan fingerprint density at radius 3 is 2.24 bits per heavy atom. The average molecular weight is 404 g/mol. The Bertz CT molecular complexity index is 833. The van der Waals surface area contributed by atoms with Gasteiger partial charge in [0.25, 0.3) is 0 Å². The molecule has 1 heterocycles. The minimum absolute atomic E-state index is 0.0681. The Morgan fingerprint density at radius 1 is 0.897 bits per heavy atom. The van der Waals surface area contributed by atoms with Crippen LogP contribution in [0, 0.1) is 0 Å². The highest BCUT2D eigenvalue weighted by molar-refractivity contribution is 5.71. The van der Waals surface area contributed by atoms with Crippen LogP contribution in [-0.4, -0.2) is 70.0 Å². The lowest BCUT2D eigenvalue weighted by molar-refractivity contribution is -0.277. The highest BCUT2D eigenvalue weighted by Gasteiger charge is 2.44. The summed E-state index contributed by atoms with van der Waals surface area (Å²) in [4.78, 5) is 0. The molecule has 5 N–H and O–H groups in total. The van der Waals surface area contributed by atoms with E-state index in [1.807, 2.05) is 30.3 Å². The predicted octanol–water partition coefficient (Wildman–Crippen LogP) is 0.750. The number of benzene rings is 2. The fourth-order valence-electron chi connectivity index (χ4n) is 2.98. The molecule has 5 atom stereocenters. The van der Waals surface area contributed by atoms with Gasteiger partial charge in [-0.3, -0.25) is 0 Å². The van der Waals surface area contributed by atoms with Crippen molar-refractivity contribution in [1.82, 2.24) is 0 Å². The van der Waals surface area contributed by atoms with Gasteiger partial charge in [-0.2, -0.15) is 0 Å². The summed E-state index contributed by atoms with van der Waals surface area (Å²) in [5, 5.41) is 49.0. The molecular formula is C21H24O8. The Balaban J connectivity index is 1.75. The lowest BCUT2D eigenvalue weighted by atomic mass is 9.99. The van der Waals surface area contributed by atoms with Crippen molar-refractivity contribution in [1.29, 1.82) is 0 Å². The fourth-order valence-corrected chi connectivity index (χ4v) is 2.98. The molecule has 0 unspecified atom stereocenters. The molecule has 29 heavy (non-hydrogen) atoms. The number of phenols is 1. The summed E-state index contributed by atoms with van der Waals surface area (Å²) in [6, 6.07) is 11.9. The van der Waals surface area contributed by atoms with Crippen molar-refractivity contribution in [3.8, 4) is 17.2 Å². The molecular weight excluding hydrogens is 380 g/mol. The number of aromatic hydroxyl groups is 1. The molecule has 0 saturated carbocycles. The van der Waals surface area contributed by atoms with Gasteiger partial charge < -0.3 is 39.7 Å². The predicted molar refractivity (Wildman–Crippen MR) is 104 cm³/mol. The Kier molecular flexibility index (Phi) is 6.73. The molecule has 2 aromatic rings. The van der Waals surface area contributed by atoms with E-state index in [0.717, 1.165) is 11.3 Å². The number of hydrogen-bond donors (Lipinski definition) is 5. The van der Waals surface area contributed by atoms with Crippen molar-refractivity contribution >= 4 is 12.2 Å². The summed E-state index contributed by atoms with van der Waals surface area (Å²) in [5.41, 5.74) is 1.55. The Labute approximate surface area is 167 Å². The standard InChI is InChI=1S/C21H24O8/c1-27-15-6-4-12(5-7-15)2-3-13-8-14(23)10-16(9-13)28-21-20(26)19(25)18(24)17(11-22)29-21/h2-10,17-26H,11H2,1H3/t17-,18-,19+,20-,21+/m1/s1. The van der Waals surface area contributed by atoms with Crippen molar-refractivity contribution in [3.63, 3.8) is 0 Å². The van der Waals surface area contributed by atoms with E-state index < -0.39 is 37.3 Å². The van der Waals surface area contributed by atoms with E-state index in [0.29, 0.717) is 5.56 Å². The molecule has 0 aliphatic carbocycles. The molecule has 0 bridgehead atoms. The highest BCUT2D eigenvalue weighted by Crippen LogP contribution is 2.28. The quantitative estimate of drug-likeness (QED) is 0.446. The molecule has 2 aromatic carbocycles. The van der Waals surface area contributed by atoms with Crippen LogP contribution in [0.25, 0.3) is 12.2 Å². The maximum Gasteiger partial charge on any atom is 0.229 e. The molecule has 0 radical (unpaired) electrons. The van der Waals surface area contributed by atoms with Gasteiger partial charge in [0, 0.05) is 6.07 Å². The molecule has 1 fully saturated rings. The summed E-state index contributed by atoms with van der Waals surface area (Å²) in [6.07, 6.45) is -3.35. The van der Waals surface area contributed by atoms with Crippen molar-refractivity contribution in [3.05, 3.63) is 53.6 Å². The van der Waals surface area contributed by atoms with Gasteiger partial charge in [0.05, 0.1) is 13.7 Å². The normalized spacial score (nSPS) is 27.1. The van der Waals surface area contributed by atoms with Crippen LogP contribution in [0.5, 0.6) is 17.2 Å². The first kappa shape index (κ1) is 21.1. The molecule has 1 aliphatic heterocycles. The van der Waals surface area contributed by atoms with E-state index in [1.54, 1.807) is 19.3 Å². The second-order valence-electron chi connectivity index (χ2n) is 6.68. The lowest BCUT2D eigenvalue weighted by Crippen LogP contribution is -2.60. The number of hydrogen-bond acceptors (Lipinski definition) is 8. The number of methoxy groups -OCH3 is 1. The SMILES string of the molecule is COc1ccc(C=Cc2cc(O)cc(O[C@H]3O[C@H](CO)[C@@H](O)[C@H](O)[C@H]3O)c2)cc1. The molecule has 0 amide bonds. The molecule has 8 heteroatoms. The minimum Gasteiger partial charge on any atom is -0.508 e. The Hall–Kier alpha value is -2.62. The first-order valence-corrected chi connectivity index (χ1v) is 9.04. The molecule has 1 aliphatic rings. The second kappa shape index (κ2) is 9.25.